The standard InChI is InChI=1S/C41H74NO8P/c1-3-5-7-9-11-13-15-17-19-21-23-25-27-29-31-33-40(43)47-37-39(38-49-51(45,46)48-36-35-42)50-41(44)34-32-30-28-26-24-22-20-18-16-14-12-10-8-6-4-2/h6,8,12,14,18,20,24,26,39H,3-5,7,9-11,13,15-17,19,21-23,25,27-38,42H2,1-2H3,(H,45,46)/b8-6-,14-12-,20-18-,26-24-/t39-/m1/s1. The summed E-state index contributed by atoms with van der Waals surface area (Å²) in [5, 5.41) is 0. The molecule has 0 amide bonds. The maximum Gasteiger partial charge on any atom is 0.472 e. The number of phosphoric ester groups is 1. The number of nitrogens with two attached hydrogens (primary N) is 1. The van der Waals surface area contributed by atoms with Gasteiger partial charge in [-0.3, -0.25) is 18.6 Å². The molecular weight excluding hydrogens is 665 g/mol. The minimum atomic E-state index is -4.38. The quantitative estimate of drug-likeness (QED) is 0.0276. The lowest BCUT2D eigenvalue weighted by molar-refractivity contribution is -0.161. The normalized spacial score (nSPS) is 13.9. The molecule has 0 aromatic heterocycles. The van der Waals surface area contributed by atoms with Crippen molar-refractivity contribution in [2.24, 2.45) is 5.73 Å². The molecule has 0 spiro atoms. The van der Waals surface area contributed by atoms with Crippen LogP contribution in [0.15, 0.2) is 48.6 Å². The SMILES string of the molecule is CC/C=C\C/C=C\C/C=C\C/C=C\CCCCC(=O)O[C@H](COC(=O)CCCCCCCCCCCCCCCCC)COP(=O)(O)OCCN. The Labute approximate surface area is 311 Å². The van der Waals surface area contributed by atoms with E-state index in [-0.39, 0.29) is 32.6 Å². The lowest BCUT2D eigenvalue weighted by Crippen LogP contribution is -2.29. The van der Waals surface area contributed by atoms with Crippen LogP contribution in [0.4, 0.5) is 0 Å². The number of carbonyl (C=O) groups is 2. The molecule has 0 fully saturated rings. The Morgan fingerprint density at radius 3 is 1.61 bits per heavy atom. The van der Waals surface area contributed by atoms with Crippen LogP contribution in [0, 0.1) is 0 Å². The van der Waals surface area contributed by atoms with Crippen LogP contribution in [0.3, 0.4) is 0 Å². The number of rotatable bonds is 37. The Balaban J connectivity index is 4.26. The molecule has 2 atom stereocenters. The van der Waals surface area contributed by atoms with Gasteiger partial charge in [0.1, 0.15) is 6.61 Å². The van der Waals surface area contributed by atoms with E-state index in [1.54, 1.807) is 0 Å². The third kappa shape index (κ3) is 37.5. The Morgan fingerprint density at radius 1 is 0.608 bits per heavy atom. The minimum Gasteiger partial charge on any atom is -0.462 e. The zero-order valence-electron chi connectivity index (χ0n) is 32.3. The van der Waals surface area contributed by atoms with Gasteiger partial charge in [0, 0.05) is 19.4 Å². The third-order valence-corrected chi connectivity index (χ3v) is 9.21. The molecule has 0 radical (unpaired) electrons. The fraction of sp³-hybridized carbons (Fsp3) is 0.756. The van der Waals surface area contributed by atoms with Crippen molar-refractivity contribution >= 4 is 19.8 Å². The highest BCUT2D eigenvalue weighted by atomic mass is 31.2. The summed E-state index contributed by atoms with van der Waals surface area (Å²) < 4.78 is 32.7. The second-order valence-corrected chi connectivity index (χ2v) is 14.6. The van der Waals surface area contributed by atoms with Crippen LogP contribution >= 0.6 is 7.82 Å². The molecule has 0 aliphatic carbocycles. The molecular formula is C41H74NO8P. The van der Waals surface area contributed by atoms with Crippen molar-refractivity contribution in [3.63, 3.8) is 0 Å². The van der Waals surface area contributed by atoms with E-state index in [1.807, 2.05) is 0 Å². The molecule has 0 aliphatic heterocycles. The number of hydrogen-bond donors (Lipinski definition) is 2. The molecule has 1 unspecified atom stereocenters. The van der Waals surface area contributed by atoms with Crippen LogP contribution in [-0.4, -0.2) is 49.3 Å². The lowest BCUT2D eigenvalue weighted by Gasteiger charge is -2.19. The van der Waals surface area contributed by atoms with Gasteiger partial charge in [-0.1, -0.05) is 152 Å². The fourth-order valence-electron chi connectivity index (χ4n) is 5.27. The van der Waals surface area contributed by atoms with Gasteiger partial charge in [0.2, 0.25) is 0 Å². The van der Waals surface area contributed by atoms with E-state index >= 15 is 0 Å². The third-order valence-electron chi connectivity index (χ3n) is 8.23. The molecule has 296 valence electrons. The summed E-state index contributed by atoms with van der Waals surface area (Å²) >= 11 is 0. The zero-order valence-corrected chi connectivity index (χ0v) is 33.2. The van der Waals surface area contributed by atoms with Crippen molar-refractivity contribution in [2.45, 2.75) is 174 Å². The number of ether oxygens (including phenoxy) is 2. The average Bonchev–Trinajstić information content (AvgIpc) is 3.11. The highest BCUT2D eigenvalue weighted by Gasteiger charge is 2.25. The summed E-state index contributed by atoms with van der Waals surface area (Å²) in [7, 11) is -4.38. The maximum atomic E-state index is 12.5. The monoisotopic (exact) mass is 740 g/mol. The number of carbonyl (C=O) groups excluding carboxylic acids is 2. The first-order valence-corrected chi connectivity index (χ1v) is 21.6. The van der Waals surface area contributed by atoms with Crippen molar-refractivity contribution in [3.05, 3.63) is 48.6 Å². The summed E-state index contributed by atoms with van der Waals surface area (Å²) in [5.74, 6) is -0.877. The van der Waals surface area contributed by atoms with Crippen LogP contribution in [0.5, 0.6) is 0 Å². The van der Waals surface area contributed by atoms with E-state index < -0.39 is 32.5 Å². The predicted octanol–water partition coefficient (Wildman–Crippen LogP) is 11.2. The summed E-state index contributed by atoms with van der Waals surface area (Å²) in [6.45, 7) is 3.56. The Bertz CT molecular complexity index is 981. The van der Waals surface area contributed by atoms with Gasteiger partial charge in [0.05, 0.1) is 13.2 Å². The topological polar surface area (TPSA) is 134 Å². The van der Waals surface area contributed by atoms with Crippen molar-refractivity contribution in [3.8, 4) is 0 Å². The van der Waals surface area contributed by atoms with Gasteiger partial charge in [-0.05, 0) is 51.4 Å². The van der Waals surface area contributed by atoms with E-state index in [9.17, 15) is 19.0 Å². The molecule has 0 heterocycles. The van der Waals surface area contributed by atoms with E-state index in [4.69, 9.17) is 24.3 Å². The Morgan fingerprint density at radius 2 is 1.08 bits per heavy atom. The van der Waals surface area contributed by atoms with E-state index in [0.29, 0.717) is 6.42 Å². The molecule has 0 saturated carbocycles. The van der Waals surface area contributed by atoms with Crippen molar-refractivity contribution < 1.29 is 37.6 Å². The fourth-order valence-corrected chi connectivity index (χ4v) is 6.04. The number of esters is 2. The van der Waals surface area contributed by atoms with Crippen LogP contribution in [0.25, 0.3) is 0 Å². The van der Waals surface area contributed by atoms with Gasteiger partial charge in [-0.25, -0.2) is 4.57 Å². The highest BCUT2D eigenvalue weighted by Crippen LogP contribution is 2.43. The zero-order chi connectivity index (χ0) is 37.5. The summed E-state index contributed by atoms with van der Waals surface area (Å²) in [6.07, 6.45) is 41.4. The minimum absolute atomic E-state index is 0.0458. The second-order valence-electron chi connectivity index (χ2n) is 13.1. The van der Waals surface area contributed by atoms with Gasteiger partial charge in [0.25, 0.3) is 0 Å². The predicted molar refractivity (Wildman–Crippen MR) is 210 cm³/mol. The summed E-state index contributed by atoms with van der Waals surface area (Å²) in [5.41, 5.74) is 5.33. The Kier molecular flexibility index (Phi) is 36.2. The molecule has 0 aromatic rings. The van der Waals surface area contributed by atoms with Gasteiger partial charge in [0.15, 0.2) is 6.10 Å². The number of allylic oxidation sites excluding steroid dienone is 8. The van der Waals surface area contributed by atoms with Gasteiger partial charge in [-0.2, -0.15) is 0 Å². The first-order valence-electron chi connectivity index (χ1n) is 20.1. The molecule has 0 bridgehead atoms. The molecule has 0 rings (SSSR count). The highest BCUT2D eigenvalue weighted by molar-refractivity contribution is 7.47. The van der Waals surface area contributed by atoms with Gasteiger partial charge >= 0.3 is 19.8 Å². The number of unbranched alkanes of at least 4 members (excludes halogenated alkanes) is 16. The van der Waals surface area contributed by atoms with Gasteiger partial charge in [-0.15, -0.1) is 0 Å². The smallest absolute Gasteiger partial charge is 0.462 e. The van der Waals surface area contributed by atoms with Crippen LogP contribution in [-0.2, 0) is 32.7 Å². The van der Waals surface area contributed by atoms with E-state index in [1.165, 1.54) is 77.0 Å². The van der Waals surface area contributed by atoms with Crippen LogP contribution < -0.4 is 5.73 Å². The molecule has 0 aromatic carbocycles. The first kappa shape index (κ1) is 49.0. The van der Waals surface area contributed by atoms with Crippen molar-refractivity contribution in [1.29, 1.82) is 0 Å². The first-order chi connectivity index (χ1) is 24.8. The van der Waals surface area contributed by atoms with Gasteiger partial charge < -0.3 is 20.1 Å². The maximum absolute atomic E-state index is 12.5. The lowest BCUT2D eigenvalue weighted by atomic mass is 10.0. The molecule has 3 N–H and O–H groups in total. The van der Waals surface area contributed by atoms with Crippen molar-refractivity contribution in [1.82, 2.24) is 0 Å². The van der Waals surface area contributed by atoms with E-state index in [2.05, 4.69) is 62.5 Å². The second kappa shape index (κ2) is 37.7. The molecule has 9 nitrogen and oxygen atoms in total. The summed E-state index contributed by atoms with van der Waals surface area (Å²) in [4.78, 5) is 34.8. The van der Waals surface area contributed by atoms with Crippen LogP contribution in [0.1, 0.15) is 168 Å². The molecule has 10 heteroatoms. The number of phosphoric acid groups is 1. The average molecular weight is 740 g/mol. The molecule has 0 aliphatic rings. The molecule has 0 saturated heterocycles. The summed E-state index contributed by atoms with van der Waals surface area (Å²) in [6, 6.07) is 0. The largest absolute Gasteiger partial charge is 0.472 e. The van der Waals surface area contributed by atoms with Crippen molar-refractivity contribution in [2.75, 3.05) is 26.4 Å². The Hall–Kier alpha value is -2.03. The van der Waals surface area contributed by atoms with E-state index in [0.717, 1.165) is 57.8 Å². The number of hydrogen-bond acceptors (Lipinski definition) is 8. The molecule has 51 heavy (non-hydrogen) atoms. The van der Waals surface area contributed by atoms with Crippen LogP contribution in [0.2, 0.25) is 0 Å².